The molecule has 0 aromatic heterocycles. The van der Waals surface area contributed by atoms with Gasteiger partial charge in [-0.2, -0.15) is 0 Å². The minimum absolute atomic E-state index is 0.156. The molecule has 1 unspecified atom stereocenters. The van der Waals surface area contributed by atoms with Crippen LogP contribution >= 0.6 is 0 Å². The van der Waals surface area contributed by atoms with Gasteiger partial charge in [-0.1, -0.05) is 43.3 Å². The van der Waals surface area contributed by atoms with Crippen LogP contribution in [0, 0.1) is 0 Å². The average molecular weight is 246 g/mol. The average Bonchev–Trinajstić information content (AvgIpc) is 2.39. The lowest BCUT2D eigenvalue weighted by Crippen LogP contribution is -2.47. The smallest absolute Gasteiger partial charge is 0.267 e. The second kappa shape index (κ2) is 4.98. The van der Waals surface area contributed by atoms with Gasteiger partial charge in [0.1, 0.15) is 0 Å². The third kappa shape index (κ3) is 2.56. The van der Waals surface area contributed by atoms with Crippen molar-refractivity contribution in [2.24, 2.45) is 0 Å². The van der Waals surface area contributed by atoms with Crippen LogP contribution < -0.4 is 0 Å². The van der Waals surface area contributed by atoms with Crippen LogP contribution in [-0.4, -0.2) is 20.3 Å². The fourth-order valence-electron chi connectivity index (χ4n) is 2.20. The fraction of sp³-hybridized carbons (Fsp3) is 0.357. The SMILES string of the molecule is C=C(C(=O)[Si]1(C)CCCCO1)c1ccccc1. The lowest BCUT2D eigenvalue weighted by Gasteiger charge is -2.30. The van der Waals surface area contributed by atoms with E-state index in [-0.39, 0.29) is 5.41 Å². The summed E-state index contributed by atoms with van der Waals surface area (Å²) in [4.78, 5) is 12.5. The third-order valence-electron chi connectivity index (χ3n) is 3.35. The molecule has 1 aliphatic rings. The molecule has 1 saturated heterocycles. The van der Waals surface area contributed by atoms with Gasteiger partial charge in [-0.3, -0.25) is 4.79 Å². The van der Waals surface area contributed by atoms with Crippen LogP contribution in [0.4, 0.5) is 0 Å². The monoisotopic (exact) mass is 246 g/mol. The number of allylic oxidation sites excluding steroid dienone is 1. The van der Waals surface area contributed by atoms with Crippen molar-refractivity contribution >= 4 is 19.3 Å². The summed E-state index contributed by atoms with van der Waals surface area (Å²) in [6.07, 6.45) is 2.18. The van der Waals surface area contributed by atoms with E-state index >= 15 is 0 Å². The van der Waals surface area contributed by atoms with Crippen LogP contribution in [-0.2, 0) is 9.22 Å². The Morgan fingerprint density at radius 1 is 1.29 bits per heavy atom. The maximum Gasteiger partial charge on any atom is 0.267 e. The maximum absolute atomic E-state index is 12.5. The molecule has 1 atom stereocenters. The Kier molecular flexibility index (Phi) is 3.59. The van der Waals surface area contributed by atoms with Gasteiger partial charge in [0.15, 0.2) is 5.41 Å². The van der Waals surface area contributed by atoms with E-state index in [2.05, 4.69) is 6.58 Å². The van der Waals surface area contributed by atoms with Gasteiger partial charge in [0.25, 0.3) is 8.32 Å². The largest absolute Gasteiger partial charge is 0.409 e. The number of rotatable bonds is 3. The lowest BCUT2D eigenvalue weighted by atomic mass is 10.1. The van der Waals surface area contributed by atoms with E-state index in [1.807, 2.05) is 36.9 Å². The summed E-state index contributed by atoms with van der Waals surface area (Å²) in [6, 6.07) is 10.6. The normalized spacial score (nSPS) is 24.3. The zero-order chi connectivity index (χ0) is 12.3. The molecular weight excluding hydrogens is 228 g/mol. The lowest BCUT2D eigenvalue weighted by molar-refractivity contribution is -0.109. The van der Waals surface area contributed by atoms with Crippen molar-refractivity contribution in [2.45, 2.75) is 25.4 Å². The zero-order valence-corrected chi connectivity index (χ0v) is 11.2. The van der Waals surface area contributed by atoms with Crippen molar-refractivity contribution in [3.05, 3.63) is 42.5 Å². The molecular formula is C14H18O2Si. The van der Waals surface area contributed by atoms with E-state index in [0.29, 0.717) is 5.57 Å². The van der Waals surface area contributed by atoms with Crippen LogP contribution in [0.1, 0.15) is 18.4 Å². The van der Waals surface area contributed by atoms with Crippen molar-refractivity contribution in [3.63, 3.8) is 0 Å². The Morgan fingerprint density at radius 3 is 2.59 bits per heavy atom. The zero-order valence-electron chi connectivity index (χ0n) is 10.2. The highest BCUT2D eigenvalue weighted by molar-refractivity contribution is 7.05. The van der Waals surface area contributed by atoms with Crippen LogP contribution in [0.5, 0.6) is 0 Å². The van der Waals surface area contributed by atoms with Gasteiger partial charge in [-0.05, 0) is 24.6 Å². The number of hydrogen-bond donors (Lipinski definition) is 0. The molecule has 1 fully saturated rings. The second-order valence-electron chi connectivity index (χ2n) is 4.71. The molecule has 1 heterocycles. The van der Waals surface area contributed by atoms with E-state index in [4.69, 9.17) is 4.43 Å². The Labute approximate surface area is 103 Å². The van der Waals surface area contributed by atoms with Gasteiger partial charge >= 0.3 is 0 Å². The Bertz CT molecular complexity index is 419. The van der Waals surface area contributed by atoms with E-state index in [1.54, 1.807) is 0 Å². The molecule has 0 N–H and O–H groups in total. The van der Waals surface area contributed by atoms with Crippen molar-refractivity contribution < 1.29 is 9.22 Å². The highest BCUT2D eigenvalue weighted by Gasteiger charge is 2.40. The molecule has 0 bridgehead atoms. The van der Waals surface area contributed by atoms with Crippen LogP contribution in [0.25, 0.3) is 5.57 Å². The molecule has 17 heavy (non-hydrogen) atoms. The van der Waals surface area contributed by atoms with Crippen molar-refractivity contribution in [1.82, 2.24) is 0 Å². The van der Waals surface area contributed by atoms with E-state index in [0.717, 1.165) is 31.1 Å². The molecule has 3 heteroatoms. The molecule has 0 aliphatic carbocycles. The van der Waals surface area contributed by atoms with Gasteiger partial charge in [0, 0.05) is 12.2 Å². The number of carbonyl (C=O) groups excluding carboxylic acids is 1. The van der Waals surface area contributed by atoms with Crippen molar-refractivity contribution in [2.75, 3.05) is 6.61 Å². The van der Waals surface area contributed by atoms with E-state index < -0.39 is 8.32 Å². The predicted octanol–water partition coefficient (Wildman–Crippen LogP) is 3.19. The molecule has 0 radical (unpaired) electrons. The van der Waals surface area contributed by atoms with Gasteiger partial charge < -0.3 is 4.43 Å². The quantitative estimate of drug-likeness (QED) is 0.605. The molecule has 1 aromatic rings. The summed E-state index contributed by atoms with van der Waals surface area (Å²) in [5.74, 6) is 0. The first-order valence-corrected chi connectivity index (χ1v) is 8.68. The summed E-state index contributed by atoms with van der Waals surface area (Å²) in [7, 11) is -2.22. The number of carbonyl (C=O) groups is 1. The summed E-state index contributed by atoms with van der Waals surface area (Å²) >= 11 is 0. The summed E-state index contributed by atoms with van der Waals surface area (Å²) < 4.78 is 5.80. The first kappa shape index (κ1) is 12.3. The molecule has 0 amide bonds. The summed E-state index contributed by atoms with van der Waals surface area (Å²) in [5.41, 5.74) is 1.53. The van der Waals surface area contributed by atoms with Gasteiger partial charge in [0.2, 0.25) is 0 Å². The Balaban J connectivity index is 2.17. The third-order valence-corrected chi connectivity index (χ3v) is 6.76. The van der Waals surface area contributed by atoms with Crippen molar-refractivity contribution in [1.29, 1.82) is 0 Å². The van der Waals surface area contributed by atoms with Crippen LogP contribution in [0.2, 0.25) is 12.6 Å². The molecule has 2 nitrogen and oxygen atoms in total. The molecule has 2 rings (SSSR count). The standard InChI is InChI=1S/C14H18O2Si/c1-12(13-8-4-3-5-9-13)14(15)17(2)11-7-6-10-16-17/h3-5,8-9H,1,6-7,10-11H2,2H3. The van der Waals surface area contributed by atoms with Crippen molar-refractivity contribution in [3.8, 4) is 0 Å². The molecule has 0 spiro atoms. The first-order valence-electron chi connectivity index (χ1n) is 6.06. The highest BCUT2D eigenvalue weighted by atomic mass is 28.4. The summed E-state index contributed by atoms with van der Waals surface area (Å²) in [6.45, 7) is 6.70. The summed E-state index contributed by atoms with van der Waals surface area (Å²) in [5, 5.41) is 0.156. The Morgan fingerprint density at radius 2 is 2.00 bits per heavy atom. The minimum Gasteiger partial charge on any atom is -0.409 e. The second-order valence-corrected chi connectivity index (χ2v) is 8.41. The topological polar surface area (TPSA) is 26.3 Å². The number of benzene rings is 1. The van der Waals surface area contributed by atoms with Crippen LogP contribution in [0.15, 0.2) is 36.9 Å². The van der Waals surface area contributed by atoms with E-state index in [1.165, 1.54) is 0 Å². The van der Waals surface area contributed by atoms with Gasteiger partial charge in [-0.25, -0.2) is 0 Å². The van der Waals surface area contributed by atoms with E-state index in [9.17, 15) is 4.79 Å². The Hall–Kier alpha value is -1.19. The first-order chi connectivity index (χ1) is 8.13. The van der Waals surface area contributed by atoms with Gasteiger partial charge in [0.05, 0.1) is 0 Å². The molecule has 1 aliphatic heterocycles. The van der Waals surface area contributed by atoms with Gasteiger partial charge in [-0.15, -0.1) is 0 Å². The molecule has 0 saturated carbocycles. The number of hydrogen-bond acceptors (Lipinski definition) is 2. The highest BCUT2D eigenvalue weighted by Crippen LogP contribution is 2.27. The molecule has 1 aromatic carbocycles. The fourth-order valence-corrected chi connectivity index (χ4v) is 5.01. The predicted molar refractivity (Wildman–Crippen MR) is 72.1 cm³/mol. The van der Waals surface area contributed by atoms with Crippen LogP contribution in [0.3, 0.4) is 0 Å². The maximum atomic E-state index is 12.5. The molecule has 90 valence electrons. The minimum atomic E-state index is -2.22.